The summed E-state index contributed by atoms with van der Waals surface area (Å²) in [5.74, 6) is 1.40. The van der Waals surface area contributed by atoms with E-state index in [9.17, 15) is 5.26 Å². The number of benzene rings is 1. The number of hydrogen-bond donors (Lipinski definition) is 0. The molecule has 0 bridgehead atoms. The van der Waals surface area contributed by atoms with Crippen molar-refractivity contribution in [2.45, 2.75) is 26.2 Å². The van der Waals surface area contributed by atoms with Gasteiger partial charge in [-0.25, -0.2) is 0 Å². The monoisotopic (exact) mass is 219 g/mol. The van der Waals surface area contributed by atoms with Gasteiger partial charge in [0, 0.05) is 0 Å². The van der Waals surface area contributed by atoms with Gasteiger partial charge in [-0.15, -0.1) is 0 Å². The maximum atomic E-state index is 9.20. The zero-order chi connectivity index (χ0) is 12.3. The molecule has 1 aromatic carbocycles. The summed E-state index contributed by atoms with van der Waals surface area (Å²) in [6.45, 7) is 5.67. The second-order valence-corrected chi connectivity index (χ2v) is 4.28. The number of methoxy groups -OCH3 is 2. The molecule has 0 saturated heterocycles. The van der Waals surface area contributed by atoms with Crippen molar-refractivity contribution in [3.63, 3.8) is 0 Å². The van der Waals surface area contributed by atoms with Crippen molar-refractivity contribution in [1.82, 2.24) is 0 Å². The van der Waals surface area contributed by atoms with Crippen LogP contribution >= 0.6 is 0 Å². The fourth-order valence-corrected chi connectivity index (χ4v) is 1.71. The van der Waals surface area contributed by atoms with Gasteiger partial charge in [-0.1, -0.05) is 0 Å². The van der Waals surface area contributed by atoms with Gasteiger partial charge in [0.1, 0.15) is 11.5 Å². The van der Waals surface area contributed by atoms with Gasteiger partial charge in [-0.3, -0.25) is 0 Å². The predicted molar refractivity (Wildman–Crippen MR) is 62.9 cm³/mol. The summed E-state index contributed by atoms with van der Waals surface area (Å²) >= 11 is 0. The van der Waals surface area contributed by atoms with E-state index in [4.69, 9.17) is 9.47 Å². The third kappa shape index (κ3) is 2.11. The number of hydrogen-bond acceptors (Lipinski definition) is 3. The van der Waals surface area contributed by atoms with Crippen LogP contribution in [0.25, 0.3) is 0 Å². The average molecular weight is 219 g/mol. The predicted octanol–water partition coefficient (Wildman–Crippen LogP) is 2.81. The standard InChI is InChI=1S/C13H17NO2/c1-9-6-10(15-4)12(11(7-9)16-5)13(2,3)8-14/h6-7H,1-5H3. The van der Waals surface area contributed by atoms with Gasteiger partial charge >= 0.3 is 0 Å². The van der Waals surface area contributed by atoms with E-state index < -0.39 is 5.41 Å². The first-order chi connectivity index (χ1) is 7.46. The SMILES string of the molecule is COc1cc(C)cc(OC)c1C(C)(C)C#N. The topological polar surface area (TPSA) is 42.2 Å². The van der Waals surface area contributed by atoms with E-state index in [1.165, 1.54) is 0 Å². The van der Waals surface area contributed by atoms with Gasteiger partial charge in [0.05, 0.1) is 31.3 Å². The molecule has 0 aromatic heterocycles. The van der Waals surface area contributed by atoms with Gasteiger partial charge in [-0.2, -0.15) is 5.26 Å². The highest BCUT2D eigenvalue weighted by Gasteiger charge is 2.28. The van der Waals surface area contributed by atoms with Crippen molar-refractivity contribution in [3.8, 4) is 17.6 Å². The van der Waals surface area contributed by atoms with Crippen molar-refractivity contribution in [3.05, 3.63) is 23.3 Å². The van der Waals surface area contributed by atoms with E-state index >= 15 is 0 Å². The Kier molecular flexibility index (Phi) is 3.44. The van der Waals surface area contributed by atoms with Crippen LogP contribution in [0.4, 0.5) is 0 Å². The lowest BCUT2D eigenvalue weighted by molar-refractivity contribution is 0.374. The Hall–Kier alpha value is -1.69. The van der Waals surface area contributed by atoms with Crippen LogP contribution in [-0.4, -0.2) is 14.2 Å². The molecule has 0 aliphatic rings. The van der Waals surface area contributed by atoms with Crippen LogP contribution in [0.1, 0.15) is 25.0 Å². The molecule has 0 saturated carbocycles. The normalized spacial score (nSPS) is 10.8. The summed E-state index contributed by atoms with van der Waals surface area (Å²) in [5, 5.41) is 9.20. The van der Waals surface area contributed by atoms with Crippen LogP contribution in [0.15, 0.2) is 12.1 Å². The summed E-state index contributed by atoms with van der Waals surface area (Å²) in [6, 6.07) is 6.09. The number of rotatable bonds is 3. The Morgan fingerprint density at radius 3 is 1.88 bits per heavy atom. The first-order valence-corrected chi connectivity index (χ1v) is 5.10. The van der Waals surface area contributed by atoms with Crippen LogP contribution in [0.5, 0.6) is 11.5 Å². The fraction of sp³-hybridized carbons (Fsp3) is 0.462. The van der Waals surface area contributed by atoms with Crippen LogP contribution < -0.4 is 9.47 Å². The third-order valence-corrected chi connectivity index (χ3v) is 2.55. The van der Waals surface area contributed by atoms with Gasteiger partial charge in [0.2, 0.25) is 0 Å². The molecule has 0 spiro atoms. The maximum absolute atomic E-state index is 9.20. The van der Waals surface area contributed by atoms with Crippen molar-refractivity contribution < 1.29 is 9.47 Å². The average Bonchev–Trinajstić information content (AvgIpc) is 2.27. The lowest BCUT2D eigenvalue weighted by Crippen LogP contribution is -2.17. The van der Waals surface area contributed by atoms with Crippen LogP contribution in [0.2, 0.25) is 0 Å². The minimum absolute atomic E-state index is 0.635. The zero-order valence-electron chi connectivity index (χ0n) is 10.4. The quantitative estimate of drug-likeness (QED) is 0.785. The lowest BCUT2D eigenvalue weighted by atomic mass is 9.84. The second-order valence-electron chi connectivity index (χ2n) is 4.28. The number of ether oxygens (including phenoxy) is 2. The molecule has 0 heterocycles. The minimum Gasteiger partial charge on any atom is -0.496 e. The molecule has 1 aromatic rings. The zero-order valence-corrected chi connectivity index (χ0v) is 10.4. The van der Waals surface area contributed by atoms with Crippen LogP contribution in [0, 0.1) is 18.3 Å². The van der Waals surface area contributed by atoms with E-state index in [1.54, 1.807) is 14.2 Å². The Morgan fingerprint density at radius 2 is 1.56 bits per heavy atom. The molecule has 16 heavy (non-hydrogen) atoms. The van der Waals surface area contributed by atoms with Crippen molar-refractivity contribution >= 4 is 0 Å². The van der Waals surface area contributed by atoms with Crippen molar-refractivity contribution in [2.24, 2.45) is 0 Å². The minimum atomic E-state index is -0.635. The summed E-state index contributed by atoms with van der Waals surface area (Å²) in [4.78, 5) is 0. The largest absolute Gasteiger partial charge is 0.496 e. The Bertz CT molecular complexity index is 405. The molecule has 0 radical (unpaired) electrons. The summed E-state index contributed by atoms with van der Waals surface area (Å²) in [5.41, 5.74) is 1.21. The molecule has 0 unspecified atom stereocenters. The molecule has 3 nitrogen and oxygen atoms in total. The highest BCUT2D eigenvalue weighted by Crippen LogP contribution is 2.39. The number of aryl methyl sites for hydroxylation is 1. The van der Waals surface area contributed by atoms with Crippen molar-refractivity contribution in [1.29, 1.82) is 5.26 Å². The Morgan fingerprint density at radius 1 is 1.12 bits per heavy atom. The molecule has 0 atom stereocenters. The highest BCUT2D eigenvalue weighted by molar-refractivity contribution is 5.54. The van der Waals surface area contributed by atoms with Gasteiger partial charge in [-0.05, 0) is 38.5 Å². The lowest BCUT2D eigenvalue weighted by Gasteiger charge is -2.22. The molecular formula is C13H17NO2. The molecule has 3 heteroatoms. The van der Waals surface area contributed by atoms with E-state index in [1.807, 2.05) is 32.9 Å². The molecule has 0 amide bonds. The summed E-state index contributed by atoms with van der Waals surface area (Å²) < 4.78 is 10.7. The Balaban J connectivity index is 3.52. The number of nitrogens with zero attached hydrogens (tertiary/aromatic N) is 1. The second kappa shape index (κ2) is 4.44. The van der Waals surface area contributed by atoms with Crippen LogP contribution in [-0.2, 0) is 5.41 Å². The molecule has 0 aliphatic heterocycles. The summed E-state index contributed by atoms with van der Waals surface area (Å²) in [7, 11) is 3.20. The molecule has 1 rings (SSSR count). The number of nitriles is 1. The first-order valence-electron chi connectivity index (χ1n) is 5.10. The fourth-order valence-electron chi connectivity index (χ4n) is 1.71. The van der Waals surface area contributed by atoms with E-state index in [0.29, 0.717) is 11.5 Å². The molecular weight excluding hydrogens is 202 g/mol. The van der Waals surface area contributed by atoms with Gasteiger partial charge in [0.15, 0.2) is 0 Å². The maximum Gasteiger partial charge on any atom is 0.127 e. The van der Waals surface area contributed by atoms with Gasteiger partial charge < -0.3 is 9.47 Å². The van der Waals surface area contributed by atoms with Gasteiger partial charge in [0.25, 0.3) is 0 Å². The highest BCUT2D eigenvalue weighted by atomic mass is 16.5. The van der Waals surface area contributed by atoms with Crippen molar-refractivity contribution in [2.75, 3.05) is 14.2 Å². The molecule has 0 aliphatic carbocycles. The third-order valence-electron chi connectivity index (χ3n) is 2.55. The molecule has 0 N–H and O–H groups in total. The van der Waals surface area contributed by atoms with E-state index in [-0.39, 0.29) is 0 Å². The molecule has 0 fully saturated rings. The summed E-state index contributed by atoms with van der Waals surface area (Å²) in [6.07, 6.45) is 0. The van der Waals surface area contributed by atoms with Crippen LogP contribution in [0.3, 0.4) is 0 Å². The van der Waals surface area contributed by atoms with E-state index in [0.717, 1.165) is 11.1 Å². The first kappa shape index (κ1) is 12.4. The Labute approximate surface area is 96.6 Å². The van der Waals surface area contributed by atoms with E-state index in [2.05, 4.69) is 6.07 Å². The molecule has 86 valence electrons. The smallest absolute Gasteiger partial charge is 0.127 e.